The molecule has 1 N–H and O–H groups in total. The topological polar surface area (TPSA) is 38.3 Å². The van der Waals surface area contributed by atoms with Crippen molar-refractivity contribution in [3.05, 3.63) is 35.6 Å². The van der Waals surface area contributed by atoms with E-state index in [1.165, 1.54) is 12.1 Å². The van der Waals surface area contributed by atoms with Gasteiger partial charge in [-0.15, -0.1) is 0 Å². The second-order valence-corrected chi connectivity index (χ2v) is 4.35. The summed E-state index contributed by atoms with van der Waals surface area (Å²) in [6, 6.07) is 6.31. The Labute approximate surface area is 107 Å². The first-order valence-corrected chi connectivity index (χ1v) is 6.23. The minimum atomic E-state index is -0.247. The van der Waals surface area contributed by atoms with Crippen LogP contribution in [0.25, 0.3) is 0 Å². The molecule has 1 amide bonds. The molecule has 1 rings (SSSR count). The summed E-state index contributed by atoms with van der Waals surface area (Å²) in [7, 11) is 0. The molecule has 0 heterocycles. The molecule has 100 valence electrons. The lowest BCUT2D eigenvalue weighted by molar-refractivity contribution is -0.126. The summed E-state index contributed by atoms with van der Waals surface area (Å²) in [5, 5.41) is 2.84. The molecule has 1 unspecified atom stereocenters. The number of hydrogen-bond donors (Lipinski definition) is 1. The highest BCUT2D eigenvalue weighted by Gasteiger charge is 2.08. The highest BCUT2D eigenvalue weighted by Crippen LogP contribution is 2.05. The molecule has 3 nitrogen and oxygen atoms in total. The van der Waals surface area contributed by atoms with Crippen molar-refractivity contribution in [3.63, 3.8) is 0 Å². The molecule has 0 bridgehead atoms. The van der Waals surface area contributed by atoms with Crippen LogP contribution in [0.2, 0.25) is 0 Å². The minimum Gasteiger partial charge on any atom is -0.372 e. The van der Waals surface area contributed by atoms with Gasteiger partial charge >= 0.3 is 0 Å². The van der Waals surface area contributed by atoms with Crippen LogP contribution in [0.5, 0.6) is 0 Å². The Morgan fingerprint density at radius 1 is 1.39 bits per heavy atom. The van der Waals surface area contributed by atoms with Crippen molar-refractivity contribution in [2.45, 2.75) is 32.7 Å². The van der Waals surface area contributed by atoms with Gasteiger partial charge in [-0.25, -0.2) is 4.39 Å². The fraction of sp³-hybridized carbons (Fsp3) is 0.500. The molecule has 0 radical (unpaired) electrons. The van der Waals surface area contributed by atoms with Gasteiger partial charge in [-0.3, -0.25) is 4.79 Å². The molecule has 0 aliphatic rings. The molecule has 1 aromatic carbocycles. The largest absolute Gasteiger partial charge is 0.372 e. The first kappa shape index (κ1) is 14.6. The lowest BCUT2D eigenvalue weighted by Gasteiger charge is -2.14. The van der Waals surface area contributed by atoms with Crippen molar-refractivity contribution in [3.8, 4) is 0 Å². The third kappa shape index (κ3) is 5.77. The summed E-state index contributed by atoms with van der Waals surface area (Å²) in [5.41, 5.74) is 0.999. The Morgan fingerprint density at radius 2 is 2.06 bits per heavy atom. The van der Waals surface area contributed by atoms with E-state index < -0.39 is 0 Å². The first-order valence-electron chi connectivity index (χ1n) is 6.23. The van der Waals surface area contributed by atoms with Crippen LogP contribution in [0, 0.1) is 5.82 Å². The molecule has 0 aliphatic carbocycles. The Morgan fingerprint density at radius 3 is 2.67 bits per heavy atom. The molecular formula is C14H20FNO2. The molecule has 0 spiro atoms. The van der Waals surface area contributed by atoms with Crippen molar-refractivity contribution < 1.29 is 13.9 Å². The lowest BCUT2D eigenvalue weighted by atomic mass is 10.1. The van der Waals surface area contributed by atoms with E-state index in [1.807, 2.05) is 13.8 Å². The maximum Gasteiger partial charge on any atom is 0.246 e. The number of nitrogens with one attached hydrogen (secondary N) is 1. The van der Waals surface area contributed by atoms with Gasteiger partial charge in [-0.1, -0.05) is 19.1 Å². The van der Waals surface area contributed by atoms with Gasteiger partial charge < -0.3 is 10.1 Å². The Hall–Kier alpha value is -1.42. The predicted molar refractivity (Wildman–Crippen MR) is 68.8 cm³/mol. The van der Waals surface area contributed by atoms with Crippen LogP contribution in [0.1, 0.15) is 25.8 Å². The Kier molecular flexibility index (Phi) is 6.36. The van der Waals surface area contributed by atoms with Crippen molar-refractivity contribution in [1.82, 2.24) is 5.32 Å². The molecule has 4 heteroatoms. The summed E-state index contributed by atoms with van der Waals surface area (Å²) >= 11 is 0. The zero-order valence-electron chi connectivity index (χ0n) is 10.9. The van der Waals surface area contributed by atoms with Gasteiger partial charge in [0.1, 0.15) is 12.4 Å². The SMILES string of the molecule is CCCOCC(=O)NC(C)Cc1ccc(F)cc1. The van der Waals surface area contributed by atoms with E-state index in [-0.39, 0.29) is 24.4 Å². The zero-order valence-corrected chi connectivity index (χ0v) is 10.9. The van der Waals surface area contributed by atoms with E-state index >= 15 is 0 Å². The number of halogens is 1. The zero-order chi connectivity index (χ0) is 13.4. The number of carbonyl (C=O) groups is 1. The summed E-state index contributed by atoms with van der Waals surface area (Å²) in [4.78, 5) is 11.5. The monoisotopic (exact) mass is 253 g/mol. The number of hydrogen-bond acceptors (Lipinski definition) is 2. The fourth-order valence-corrected chi connectivity index (χ4v) is 1.65. The van der Waals surface area contributed by atoms with Gasteiger partial charge in [0.05, 0.1) is 0 Å². The maximum atomic E-state index is 12.7. The minimum absolute atomic E-state index is 0.00758. The van der Waals surface area contributed by atoms with Crippen LogP contribution in [0.15, 0.2) is 24.3 Å². The Bertz CT molecular complexity index is 365. The van der Waals surface area contributed by atoms with E-state index in [1.54, 1.807) is 12.1 Å². The standard InChI is InChI=1S/C14H20FNO2/c1-3-8-18-10-14(17)16-11(2)9-12-4-6-13(15)7-5-12/h4-7,11H,3,8-10H2,1-2H3,(H,16,17). The van der Waals surface area contributed by atoms with Crippen LogP contribution >= 0.6 is 0 Å². The van der Waals surface area contributed by atoms with Gasteiger partial charge in [0.2, 0.25) is 5.91 Å². The van der Waals surface area contributed by atoms with Gasteiger partial charge in [0, 0.05) is 12.6 Å². The number of carbonyl (C=O) groups excluding carboxylic acids is 1. The smallest absolute Gasteiger partial charge is 0.246 e. The Balaban J connectivity index is 2.30. The molecule has 0 saturated carbocycles. The third-order valence-corrected chi connectivity index (χ3v) is 2.44. The van der Waals surface area contributed by atoms with Crippen LogP contribution < -0.4 is 5.32 Å². The number of amides is 1. The van der Waals surface area contributed by atoms with Crippen molar-refractivity contribution in [2.75, 3.05) is 13.2 Å². The normalized spacial score (nSPS) is 12.2. The quantitative estimate of drug-likeness (QED) is 0.757. The molecule has 18 heavy (non-hydrogen) atoms. The number of benzene rings is 1. The van der Waals surface area contributed by atoms with Gasteiger partial charge in [0.15, 0.2) is 0 Å². The summed E-state index contributed by atoms with van der Waals surface area (Å²) in [6.45, 7) is 4.61. The molecular weight excluding hydrogens is 233 g/mol. The van der Waals surface area contributed by atoms with E-state index in [9.17, 15) is 9.18 Å². The van der Waals surface area contributed by atoms with Crippen LogP contribution in [0.4, 0.5) is 4.39 Å². The number of ether oxygens (including phenoxy) is 1. The molecule has 1 atom stereocenters. The van der Waals surface area contributed by atoms with Gasteiger partial charge in [0.25, 0.3) is 0 Å². The second kappa shape index (κ2) is 7.82. The van der Waals surface area contributed by atoms with E-state index in [0.717, 1.165) is 12.0 Å². The molecule has 0 aliphatic heterocycles. The van der Waals surface area contributed by atoms with Gasteiger partial charge in [-0.05, 0) is 37.5 Å². The average molecular weight is 253 g/mol. The lowest BCUT2D eigenvalue weighted by Crippen LogP contribution is -2.36. The van der Waals surface area contributed by atoms with E-state index in [0.29, 0.717) is 13.0 Å². The highest BCUT2D eigenvalue weighted by atomic mass is 19.1. The summed E-state index contributed by atoms with van der Waals surface area (Å²) < 4.78 is 17.9. The maximum absolute atomic E-state index is 12.7. The highest BCUT2D eigenvalue weighted by molar-refractivity contribution is 5.77. The fourth-order valence-electron chi connectivity index (χ4n) is 1.65. The molecule has 0 aromatic heterocycles. The molecule has 0 saturated heterocycles. The van der Waals surface area contributed by atoms with Crippen LogP contribution in [-0.4, -0.2) is 25.2 Å². The van der Waals surface area contributed by atoms with E-state index in [4.69, 9.17) is 4.74 Å². The predicted octanol–water partition coefficient (Wildman–Crippen LogP) is 2.30. The first-order chi connectivity index (χ1) is 8.61. The number of rotatable bonds is 7. The second-order valence-electron chi connectivity index (χ2n) is 4.35. The summed E-state index contributed by atoms with van der Waals surface area (Å²) in [6.07, 6.45) is 1.58. The van der Waals surface area contributed by atoms with Crippen molar-refractivity contribution >= 4 is 5.91 Å². The molecule has 0 fully saturated rings. The van der Waals surface area contributed by atoms with Crippen LogP contribution in [0.3, 0.4) is 0 Å². The molecule has 1 aromatic rings. The van der Waals surface area contributed by atoms with Gasteiger partial charge in [-0.2, -0.15) is 0 Å². The van der Waals surface area contributed by atoms with Crippen LogP contribution in [-0.2, 0) is 16.0 Å². The van der Waals surface area contributed by atoms with E-state index in [2.05, 4.69) is 5.32 Å². The third-order valence-electron chi connectivity index (χ3n) is 2.44. The van der Waals surface area contributed by atoms with Crippen molar-refractivity contribution in [2.24, 2.45) is 0 Å². The van der Waals surface area contributed by atoms with Crippen molar-refractivity contribution in [1.29, 1.82) is 0 Å². The average Bonchev–Trinajstić information content (AvgIpc) is 2.32. The summed E-state index contributed by atoms with van der Waals surface area (Å²) in [5.74, 6) is -0.360.